The third-order valence-electron chi connectivity index (χ3n) is 2.57. The lowest BCUT2D eigenvalue weighted by molar-refractivity contribution is -0.274. The number of rotatable bonds is 6. The Balaban J connectivity index is 2.65. The normalized spacial score (nSPS) is 13.4. The number of aliphatic hydroxyl groups excluding tert-OH is 1. The highest BCUT2D eigenvalue weighted by atomic mass is 19.4. The van der Waals surface area contributed by atoms with Gasteiger partial charge < -0.3 is 9.84 Å². The van der Waals surface area contributed by atoms with E-state index in [4.69, 9.17) is 0 Å². The second kappa shape index (κ2) is 6.64. The molecule has 2 nitrogen and oxygen atoms in total. The van der Waals surface area contributed by atoms with Crippen molar-refractivity contribution in [3.05, 3.63) is 29.8 Å². The number of hydrogen-bond acceptors (Lipinski definition) is 2. The van der Waals surface area contributed by atoms with Crippen molar-refractivity contribution in [2.75, 3.05) is 0 Å². The highest BCUT2D eigenvalue weighted by Gasteiger charge is 2.31. The van der Waals surface area contributed by atoms with Crippen LogP contribution in [0.5, 0.6) is 5.75 Å². The third kappa shape index (κ3) is 5.40. The lowest BCUT2D eigenvalue weighted by atomic mass is 10.0. The van der Waals surface area contributed by atoms with Gasteiger partial charge in [0.25, 0.3) is 0 Å². The molecule has 1 aromatic rings. The van der Waals surface area contributed by atoms with Gasteiger partial charge in [-0.05, 0) is 30.9 Å². The van der Waals surface area contributed by atoms with Crippen LogP contribution < -0.4 is 4.74 Å². The van der Waals surface area contributed by atoms with E-state index in [1.807, 2.05) is 6.92 Å². The molecular formula is C13H17F3O2. The fourth-order valence-electron chi connectivity index (χ4n) is 1.73. The van der Waals surface area contributed by atoms with Crippen LogP contribution in [-0.2, 0) is 6.42 Å². The molecule has 1 aromatic carbocycles. The van der Waals surface area contributed by atoms with E-state index in [1.54, 1.807) is 12.1 Å². The molecule has 0 heterocycles. The van der Waals surface area contributed by atoms with Gasteiger partial charge in [-0.3, -0.25) is 0 Å². The number of hydrogen-bond donors (Lipinski definition) is 1. The molecule has 18 heavy (non-hydrogen) atoms. The number of halogens is 3. The standard InChI is InChI=1S/C13H17F3O2/c1-2-5-11(17)9-8-10-6-3-4-7-12(10)18-13(14,15)16/h3-4,6-7,11,17H,2,5,8-9H2,1H3. The van der Waals surface area contributed by atoms with Crippen LogP contribution in [0.1, 0.15) is 31.7 Å². The second-order valence-corrected chi connectivity index (χ2v) is 4.14. The molecule has 0 aliphatic carbocycles. The van der Waals surface area contributed by atoms with E-state index < -0.39 is 12.5 Å². The van der Waals surface area contributed by atoms with Crippen molar-refractivity contribution in [1.29, 1.82) is 0 Å². The van der Waals surface area contributed by atoms with E-state index >= 15 is 0 Å². The first-order valence-corrected chi connectivity index (χ1v) is 5.94. The van der Waals surface area contributed by atoms with Crippen LogP contribution in [0.2, 0.25) is 0 Å². The van der Waals surface area contributed by atoms with Gasteiger partial charge in [0.15, 0.2) is 0 Å². The molecule has 1 rings (SSSR count). The Morgan fingerprint density at radius 2 is 1.89 bits per heavy atom. The van der Waals surface area contributed by atoms with Crippen LogP contribution in [0, 0.1) is 0 Å². The molecule has 0 bridgehead atoms. The quantitative estimate of drug-likeness (QED) is 0.847. The minimum atomic E-state index is -4.68. The topological polar surface area (TPSA) is 29.5 Å². The molecule has 0 aromatic heterocycles. The van der Waals surface area contributed by atoms with Gasteiger partial charge in [0.2, 0.25) is 0 Å². The Labute approximate surface area is 104 Å². The fourth-order valence-corrected chi connectivity index (χ4v) is 1.73. The third-order valence-corrected chi connectivity index (χ3v) is 2.57. The summed E-state index contributed by atoms with van der Waals surface area (Å²) in [5.74, 6) is -0.186. The second-order valence-electron chi connectivity index (χ2n) is 4.14. The van der Waals surface area contributed by atoms with Gasteiger partial charge in [-0.1, -0.05) is 31.5 Å². The summed E-state index contributed by atoms with van der Waals surface area (Å²) in [7, 11) is 0. The average Bonchev–Trinajstić information content (AvgIpc) is 2.26. The SMILES string of the molecule is CCCC(O)CCc1ccccc1OC(F)(F)F. The van der Waals surface area contributed by atoms with Crippen molar-refractivity contribution in [2.45, 2.75) is 45.1 Å². The van der Waals surface area contributed by atoms with Gasteiger partial charge in [-0.25, -0.2) is 0 Å². The Kier molecular flexibility index (Phi) is 5.47. The molecule has 102 valence electrons. The molecule has 5 heteroatoms. The monoisotopic (exact) mass is 262 g/mol. The van der Waals surface area contributed by atoms with Gasteiger partial charge in [0, 0.05) is 0 Å². The van der Waals surface area contributed by atoms with Crippen LogP contribution in [-0.4, -0.2) is 17.6 Å². The number of benzene rings is 1. The van der Waals surface area contributed by atoms with Crippen molar-refractivity contribution in [3.8, 4) is 5.75 Å². The molecule has 0 aliphatic rings. The zero-order chi connectivity index (χ0) is 13.6. The number of aryl methyl sites for hydroxylation is 1. The highest BCUT2D eigenvalue weighted by molar-refractivity contribution is 5.33. The predicted molar refractivity (Wildman–Crippen MR) is 62.4 cm³/mol. The molecule has 1 unspecified atom stereocenters. The number of aliphatic hydroxyl groups is 1. The van der Waals surface area contributed by atoms with E-state index in [9.17, 15) is 18.3 Å². The van der Waals surface area contributed by atoms with E-state index in [-0.39, 0.29) is 5.75 Å². The van der Waals surface area contributed by atoms with E-state index in [1.165, 1.54) is 12.1 Å². The molecule has 0 amide bonds. The summed E-state index contributed by atoms with van der Waals surface area (Å²) in [4.78, 5) is 0. The van der Waals surface area contributed by atoms with Crippen LogP contribution in [0.15, 0.2) is 24.3 Å². The Hall–Kier alpha value is -1.23. The minimum absolute atomic E-state index is 0.186. The lowest BCUT2D eigenvalue weighted by Crippen LogP contribution is -2.18. The molecule has 1 atom stereocenters. The Morgan fingerprint density at radius 1 is 1.22 bits per heavy atom. The van der Waals surface area contributed by atoms with Gasteiger partial charge >= 0.3 is 6.36 Å². The fraction of sp³-hybridized carbons (Fsp3) is 0.538. The molecule has 0 saturated heterocycles. The molecule has 0 radical (unpaired) electrons. The van der Waals surface area contributed by atoms with Crippen LogP contribution in [0.3, 0.4) is 0 Å². The van der Waals surface area contributed by atoms with Crippen molar-refractivity contribution in [2.24, 2.45) is 0 Å². The molecule has 0 aliphatic heterocycles. The van der Waals surface area contributed by atoms with Gasteiger partial charge in [-0.15, -0.1) is 13.2 Å². The predicted octanol–water partition coefficient (Wildman–Crippen LogP) is 3.68. The van der Waals surface area contributed by atoms with E-state index in [0.29, 0.717) is 24.8 Å². The summed E-state index contributed by atoms with van der Waals surface area (Å²) >= 11 is 0. The highest BCUT2D eigenvalue weighted by Crippen LogP contribution is 2.27. The zero-order valence-electron chi connectivity index (χ0n) is 10.2. The van der Waals surface area contributed by atoms with E-state index in [2.05, 4.69) is 4.74 Å². The largest absolute Gasteiger partial charge is 0.573 e. The molecule has 0 fully saturated rings. The van der Waals surface area contributed by atoms with Crippen LogP contribution >= 0.6 is 0 Å². The van der Waals surface area contributed by atoms with Crippen molar-refractivity contribution in [3.63, 3.8) is 0 Å². The number of alkyl halides is 3. The molecule has 0 saturated carbocycles. The Bertz CT molecular complexity index is 363. The van der Waals surface area contributed by atoms with Gasteiger partial charge in [-0.2, -0.15) is 0 Å². The molecular weight excluding hydrogens is 245 g/mol. The first-order valence-electron chi connectivity index (χ1n) is 5.94. The lowest BCUT2D eigenvalue weighted by Gasteiger charge is -2.14. The Morgan fingerprint density at radius 3 is 2.50 bits per heavy atom. The summed E-state index contributed by atoms with van der Waals surface area (Å²) in [6.45, 7) is 1.95. The van der Waals surface area contributed by atoms with Crippen LogP contribution in [0.4, 0.5) is 13.2 Å². The van der Waals surface area contributed by atoms with Crippen molar-refractivity contribution in [1.82, 2.24) is 0 Å². The van der Waals surface area contributed by atoms with Gasteiger partial charge in [0.05, 0.1) is 6.10 Å². The van der Waals surface area contributed by atoms with Gasteiger partial charge in [0.1, 0.15) is 5.75 Å². The first-order chi connectivity index (χ1) is 8.42. The van der Waals surface area contributed by atoms with Crippen molar-refractivity contribution >= 4 is 0 Å². The van der Waals surface area contributed by atoms with Crippen LogP contribution in [0.25, 0.3) is 0 Å². The minimum Gasteiger partial charge on any atom is -0.406 e. The summed E-state index contributed by atoms with van der Waals surface area (Å²) in [5, 5.41) is 9.57. The zero-order valence-corrected chi connectivity index (χ0v) is 10.2. The summed E-state index contributed by atoms with van der Waals surface area (Å²) in [6.07, 6.45) is -2.85. The molecule has 1 N–H and O–H groups in total. The maximum Gasteiger partial charge on any atom is 0.573 e. The average molecular weight is 262 g/mol. The summed E-state index contributed by atoms with van der Waals surface area (Å²) < 4.78 is 40.5. The molecule has 0 spiro atoms. The first kappa shape index (κ1) is 14.8. The smallest absolute Gasteiger partial charge is 0.406 e. The maximum absolute atomic E-state index is 12.2. The maximum atomic E-state index is 12.2. The van der Waals surface area contributed by atoms with Crippen molar-refractivity contribution < 1.29 is 23.0 Å². The number of ether oxygens (including phenoxy) is 1. The summed E-state index contributed by atoms with van der Waals surface area (Å²) in [5.41, 5.74) is 0.463. The number of para-hydroxylation sites is 1. The van der Waals surface area contributed by atoms with E-state index in [0.717, 1.165) is 6.42 Å². The summed E-state index contributed by atoms with van der Waals surface area (Å²) in [6, 6.07) is 6.02.